The number of guanidine groups is 1. The van der Waals surface area contributed by atoms with E-state index >= 15 is 0 Å². The molecular weight excluding hydrogens is 370 g/mol. The van der Waals surface area contributed by atoms with Crippen molar-refractivity contribution in [3.8, 4) is 0 Å². The maximum absolute atomic E-state index is 12.9. The molecular formula is C14H24FIN4. The fourth-order valence-electron chi connectivity index (χ4n) is 1.56. The number of nitrogens with zero attached hydrogens (tertiary/aromatic N) is 1. The summed E-state index contributed by atoms with van der Waals surface area (Å²) < 4.78 is 12.9. The second-order valence-electron chi connectivity index (χ2n) is 4.34. The van der Waals surface area contributed by atoms with Crippen LogP contribution < -0.4 is 16.4 Å². The molecule has 0 aliphatic carbocycles. The van der Waals surface area contributed by atoms with Crippen molar-refractivity contribution >= 4 is 35.6 Å². The number of benzene rings is 1. The van der Waals surface area contributed by atoms with Gasteiger partial charge in [-0.25, -0.2) is 4.39 Å². The predicted octanol–water partition coefficient (Wildman–Crippen LogP) is 2.95. The van der Waals surface area contributed by atoms with Gasteiger partial charge in [-0.05, 0) is 31.0 Å². The topological polar surface area (TPSA) is 62.4 Å². The van der Waals surface area contributed by atoms with Gasteiger partial charge in [-0.3, -0.25) is 4.99 Å². The molecule has 0 amide bonds. The van der Waals surface area contributed by atoms with Crippen LogP contribution in [0.4, 0.5) is 10.1 Å². The SMILES string of the molecule is CCCCNC(N)=NCCCNc1cccc(F)c1.I. The third-order valence-corrected chi connectivity index (χ3v) is 2.61. The normalized spacial score (nSPS) is 10.8. The summed E-state index contributed by atoms with van der Waals surface area (Å²) in [7, 11) is 0. The zero-order chi connectivity index (χ0) is 13.9. The van der Waals surface area contributed by atoms with E-state index in [1.807, 2.05) is 6.07 Å². The molecule has 1 rings (SSSR count). The van der Waals surface area contributed by atoms with Crippen molar-refractivity contribution in [1.82, 2.24) is 5.32 Å². The fourth-order valence-corrected chi connectivity index (χ4v) is 1.56. The second-order valence-corrected chi connectivity index (χ2v) is 4.34. The van der Waals surface area contributed by atoms with E-state index in [-0.39, 0.29) is 29.8 Å². The quantitative estimate of drug-likeness (QED) is 0.275. The molecule has 6 heteroatoms. The van der Waals surface area contributed by atoms with E-state index < -0.39 is 0 Å². The molecule has 0 aliphatic rings. The molecule has 4 N–H and O–H groups in total. The molecule has 0 bridgehead atoms. The molecule has 1 aromatic carbocycles. The Hall–Kier alpha value is -1.05. The number of hydrogen-bond donors (Lipinski definition) is 3. The Labute approximate surface area is 137 Å². The van der Waals surface area contributed by atoms with Gasteiger partial charge in [0.15, 0.2) is 5.96 Å². The van der Waals surface area contributed by atoms with E-state index in [4.69, 9.17) is 5.73 Å². The van der Waals surface area contributed by atoms with Crippen LogP contribution in [0.5, 0.6) is 0 Å². The smallest absolute Gasteiger partial charge is 0.188 e. The van der Waals surface area contributed by atoms with Crippen LogP contribution in [-0.4, -0.2) is 25.6 Å². The van der Waals surface area contributed by atoms with Crippen molar-refractivity contribution in [1.29, 1.82) is 0 Å². The van der Waals surface area contributed by atoms with E-state index in [0.29, 0.717) is 12.5 Å². The van der Waals surface area contributed by atoms with Gasteiger partial charge < -0.3 is 16.4 Å². The number of nitrogens with one attached hydrogen (secondary N) is 2. The van der Waals surface area contributed by atoms with Crippen molar-refractivity contribution in [3.63, 3.8) is 0 Å². The Morgan fingerprint density at radius 2 is 2.10 bits per heavy atom. The molecule has 4 nitrogen and oxygen atoms in total. The summed E-state index contributed by atoms with van der Waals surface area (Å²) in [6.45, 7) is 4.41. The largest absolute Gasteiger partial charge is 0.385 e. The zero-order valence-corrected chi connectivity index (χ0v) is 14.2. The van der Waals surface area contributed by atoms with Gasteiger partial charge in [0.25, 0.3) is 0 Å². The first-order chi connectivity index (χ1) is 9.22. The van der Waals surface area contributed by atoms with Crippen LogP contribution in [0.25, 0.3) is 0 Å². The standard InChI is InChI=1S/C14H23FN4.HI/c1-2-3-8-18-14(16)19-10-5-9-17-13-7-4-6-12(15)11-13;/h4,6-7,11,17H,2-3,5,8-10H2,1H3,(H3,16,18,19);1H. The average molecular weight is 394 g/mol. The Bertz CT molecular complexity index is 399. The minimum absolute atomic E-state index is 0. The average Bonchev–Trinajstić information content (AvgIpc) is 2.39. The van der Waals surface area contributed by atoms with Crippen molar-refractivity contribution in [3.05, 3.63) is 30.1 Å². The minimum atomic E-state index is -0.229. The first kappa shape index (κ1) is 18.9. The lowest BCUT2D eigenvalue weighted by Gasteiger charge is -2.06. The highest BCUT2D eigenvalue weighted by atomic mass is 127. The Morgan fingerprint density at radius 1 is 1.30 bits per heavy atom. The van der Waals surface area contributed by atoms with Gasteiger partial charge in [0.1, 0.15) is 5.82 Å². The third kappa shape index (κ3) is 8.95. The highest BCUT2D eigenvalue weighted by molar-refractivity contribution is 14.0. The van der Waals surface area contributed by atoms with Gasteiger partial charge in [-0.1, -0.05) is 19.4 Å². The summed E-state index contributed by atoms with van der Waals surface area (Å²) in [6, 6.07) is 6.43. The summed E-state index contributed by atoms with van der Waals surface area (Å²) in [5, 5.41) is 6.20. The lowest BCUT2D eigenvalue weighted by molar-refractivity contribution is 0.628. The Kier molecular flexibility index (Phi) is 11.1. The number of aliphatic imine (C=N–C) groups is 1. The van der Waals surface area contributed by atoms with E-state index in [9.17, 15) is 4.39 Å². The summed E-state index contributed by atoms with van der Waals surface area (Å²) in [4.78, 5) is 4.21. The van der Waals surface area contributed by atoms with Crippen LogP contribution in [0.3, 0.4) is 0 Å². The van der Waals surface area contributed by atoms with Crippen molar-refractivity contribution in [2.24, 2.45) is 10.7 Å². The zero-order valence-electron chi connectivity index (χ0n) is 11.9. The fraction of sp³-hybridized carbons (Fsp3) is 0.500. The number of rotatable bonds is 8. The summed E-state index contributed by atoms with van der Waals surface area (Å²) in [5.74, 6) is 0.270. The van der Waals surface area contributed by atoms with Gasteiger partial charge in [-0.15, -0.1) is 24.0 Å². The molecule has 0 heterocycles. The van der Waals surface area contributed by atoms with Gasteiger partial charge in [-0.2, -0.15) is 0 Å². The second kappa shape index (κ2) is 11.7. The summed E-state index contributed by atoms with van der Waals surface area (Å²) in [6.07, 6.45) is 3.09. The maximum Gasteiger partial charge on any atom is 0.188 e. The van der Waals surface area contributed by atoms with Crippen molar-refractivity contribution in [2.45, 2.75) is 26.2 Å². The van der Waals surface area contributed by atoms with Crippen LogP contribution in [0.2, 0.25) is 0 Å². The molecule has 20 heavy (non-hydrogen) atoms. The van der Waals surface area contributed by atoms with Gasteiger partial charge in [0, 0.05) is 25.3 Å². The Balaban J connectivity index is 0.00000361. The summed E-state index contributed by atoms with van der Waals surface area (Å²) >= 11 is 0. The highest BCUT2D eigenvalue weighted by Crippen LogP contribution is 2.08. The first-order valence-corrected chi connectivity index (χ1v) is 6.75. The van der Waals surface area contributed by atoms with Crippen molar-refractivity contribution < 1.29 is 4.39 Å². The number of hydrogen-bond acceptors (Lipinski definition) is 2. The lowest BCUT2D eigenvalue weighted by atomic mass is 10.3. The Morgan fingerprint density at radius 3 is 2.80 bits per heavy atom. The molecule has 0 fully saturated rings. The number of nitrogens with two attached hydrogens (primary N) is 1. The van der Waals surface area contributed by atoms with Gasteiger partial charge in [0.2, 0.25) is 0 Å². The van der Waals surface area contributed by atoms with Crippen LogP contribution in [0.1, 0.15) is 26.2 Å². The molecule has 1 aromatic rings. The summed E-state index contributed by atoms with van der Waals surface area (Å²) in [5.41, 5.74) is 6.49. The minimum Gasteiger partial charge on any atom is -0.385 e. The first-order valence-electron chi connectivity index (χ1n) is 6.75. The lowest BCUT2D eigenvalue weighted by Crippen LogP contribution is -2.32. The molecule has 0 saturated heterocycles. The molecule has 0 saturated carbocycles. The van der Waals surface area contributed by atoms with Crippen LogP contribution >= 0.6 is 24.0 Å². The number of anilines is 1. The van der Waals surface area contributed by atoms with E-state index in [0.717, 1.165) is 38.0 Å². The molecule has 0 radical (unpaired) electrons. The van der Waals surface area contributed by atoms with Crippen LogP contribution in [-0.2, 0) is 0 Å². The molecule has 114 valence electrons. The molecule has 0 aliphatic heterocycles. The van der Waals surface area contributed by atoms with Crippen LogP contribution in [0.15, 0.2) is 29.3 Å². The third-order valence-electron chi connectivity index (χ3n) is 2.61. The monoisotopic (exact) mass is 394 g/mol. The van der Waals surface area contributed by atoms with Gasteiger partial charge >= 0.3 is 0 Å². The number of unbranched alkanes of at least 4 members (excludes halogenated alkanes) is 1. The molecule has 0 aromatic heterocycles. The maximum atomic E-state index is 12.9. The van der Waals surface area contributed by atoms with Crippen molar-refractivity contribution in [2.75, 3.05) is 25.0 Å². The van der Waals surface area contributed by atoms with E-state index in [2.05, 4.69) is 22.5 Å². The highest BCUT2D eigenvalue weighted by Gasteiger charge is 1.94. The van der Waals surface area contributed by atoms with E-state index in [1.165, 1.54) is 12.1 Å². The van der Waals surface area contributed by atoms with E-state index in [1.54, 1.807) is 6.07 Å². The van der Waals surface area contributed by atoms with Gasteiger partial charge in [0.05, 0.1) is 0 Å². The number of halogens is 2. The molecule has 0 unspecified atom stereocenters. The molecule has 0 atom stereocenters. The molecule has 0 spiro atoms. The van der Waals surface area contributed by atoms with Crippen LogP contribution in [0, 0.1) is 5.82 Å². The predicted molar refractivity (Wildman–Crippen MR) is 94.3 cm³/mol.